The van der Waals surface area contributed by atoms with Gasteiger partial charge in [-0.25, -0.2) is 5.43 Å². The van der Waals surface area contributed by atoms with Crippen LogP contribution in [0, 0.1) is 0 Å². The number of alkyl halides is 3. The van der Waals surface area contributed by atoms with Gasteiger partial charge < -0.3 is 10.1 Å². The van der Waals surface area contributed by atoms with E-state index in [0.717, 1.165) is 32.9 Å². The highest BCUT2D eigenvalue weighted by Gasteiger charge is 2.30. The van der Waals surface area contributed by atoms with Gasteiger partial charge in [0.25, 0.3) is 0 Å². The van der Waals surface area contributed by atoms with Crippen LogP contribution in [0.4, 0.5) is 18.9 Å². The first kappa shape index (κ1) is 26.9. The molecule has 4 rings (SSSR count). The Bertz CT molecular complexity index is 1490. The summed E-state index contributed by atoms with van der Waals surface area (Å²) in [4.78, 5) is 24.4. The first-order valence-corrected chi connectivity index (χ1v) is 12.2. The summed E-state index contributed by atoms with van der Waals surface area (Å²) >= 11 is 3.40. The van der Waals surface area contributed by atoms with E-state index in [2.05, 4.69) is 31.8 Å². The van der Waals surface area contributed by atoms with Gasteiger partial charge in [-0.3, -0.25) is 9.59 Å². The van der Waals surface area contributed by atoms with Crippen LogP contribution >= 0.6 is 15.9 Å². The highest BCUT2D eigenvalue weighted by Crippen LogP contribution is 2.31. The average Bonchev–Trinajstić information content (AvgIpc) is 2.88. The summed E-state index contributed by atoms with van der Waals surface area (Å²) < 4.78 is 45.6. The lowest BCUT2D eigenvalue weighted by molar-refractivity contribution is -0.137. The van der Waals surface area contributed by atoms with Crippen LogP contribution < -0.4 is 15.5 Å². The Balaban J connectivity index is 1.42. The lowest BCUT2D eigenvalue weighted by Crippen LogP contribution is -2.24. The molecule has 0 saturated heterocycles. The third-order valence-corrected chi connectivity index (χ3v) is 5.94. The predicted octanol–water partition coefficient (Wildman–Crippen LogP) is 6.68. The maximum Gasteiger partial charge on any atom is 0.416 e. The van der Waals surface area contributed by atoms with E-state index in [-0.39, 0.29) is 5.69 Å². The van der Waals surface area contributed by atoms with Gasteiger partial charge in [0.2, 0.25) is 11.8 Å². The van der Waals surface area contributed by atoms with Crippen molar-refractivity contribution in [3.63, 3.8) is 0 Å². The first-order valence-electron chi connectivity index (χ1n) is 11.4. The molecule has 0 spiro atoms. The Morgan fingerprint density at radius 1 is 0.921 bits per heavy atom. The molecule has 2 N–H and O–H groups in total. The van der Waals surface area contributed by atoms with Crippen molar-refractivity contribution in [3.05, 3.63) is 106 Å². The van der Waals surface area contributed by atoms with Gasteiger partial charge in [-0.2, -0.15) is 18.3 Å². The first-order chi connectivity index (χ1) is 18.2. The molecule has 0 heterocycles. The van der Waals surface area contributed by atoms with Crippen molar-refractivity contribution in [2.24, 2.45) is 5.10 Å². The van der Waals surface area contributed by atoms with Crippen molar-refractivity contribution in [1.82, 2.24) is 5.43 Å². The minimum absolute atomic E-state index is 0.0653. The predicted molar refractivity (Wildman–Crippen MR) is 143 cm³/mol. The number of anilines is 1. The lowest BCUT2D eigenvalue weighted by atomic mass is 10.0. The molecule has 0 bridgehead atoms. The van der Waals surface area contributed by atoms with E-state index in [1.165, 1.54) is 18.3 Å². The molecule has 2 amide bonds. The van der Waals surface area contributed by atoms with E-state index in [4.69, 9.17) is 4.74 Å². The fourth-order valence-corrected chi connectivity index (χ4v) is 3.87. The molecule has 0 atom stereocenters. The SMILES string of the molecule is O=C(CC(=O)Nc1cccc(C(F)(F)F)c1)NN=Cc1c(OCc2ccc(Br)cc2)ccc2ccccc12. The minimum atomic E-state index is -4.55. The van der Waals surface area contributed by atoms with Gasteiger partial charge in [0, 0.05) is 15.7 Å². The average molecular weight is 584 g/mol. The molecule has 4 aromatic carbocycles. The second-order valence-corrected chi connectivity index (χ2v) is 9.13. The second-order valence-electron chi connectivity index (χ2n) is 8.21. The number of ether oxygens (including phenoxy) is 1. The Hall–Kier alpha value is -4.18. The van der Waals surface area contributed by atoms with Crippen LogP contribution in [-0.2, 0) is 22.4 Å². The molecule has 0 aliphatic heterocycles. The van der Waals surface area contributed by atoms with E-state index in [9.17, 15) is 22.8 Å². The Morgan fingerprint density at radius 3 is 2.45 bits per heavy atom. The van der Waals surface area contributed by atoms with Crippen LogP contribution in [0.3, 0.4) is 0 Å². The van der Waals surface area contributed by atoms with Crippen molar-refractivity contribution in [1.29, 1.82) is 0 Å². The standard InChI is InChI=1S/C28H21BrF3N3O3/c29-21-11-8-18(9-12-21)17-38-25-13-10-19-4-1-2-7-23(19)24(25)16-33-35-27(37)15-26(36)34-22-6-3-5-20(14-22)28(30,31)32/h1-14,16H,15,17H2,(H,34,36)(H,35,37). The van der Waals surface area contributed by atoms with Crippen molar-refractivity contribution in [3.8, 4) is 5.75 Å². The molecule has 4 aromatic rings. The number of carbonyl (C=O) groups is 2. The Morgan fingerprint density at radius 2 is 1.68 bits per heavy atom. The van der Waals surface area contributed by atoms with Crippen molar-refractivity contribution in [2.45, 2.75) is 19.2 Å². The molecule has 0 fully saturated rings. The zero-order chi connectivity index (χ0) is 27.1. The molecule has 0 aliphatic carbocycles. The molecule has 0 aliphatic rings. The molecule has 6 nitrogen and oxygen atoms in total. The molecule has 0 radical (unpaired) electrons. The number of hydrogen-bond acceptors (Lipinski definition) is 4. The maximum atomic E-state index is 12.9. The maximum absolute atomic E-state index is 12.9. The number of hydrogen-bond donors (Lipinski definition) is 2. The highest BCUT2D eigenvalue weighted by molar-refractivity contribution is 9.10. The molecule has 0 aromatic heterocycles. The quantitative estimate of drug-likeness (QED) is 0.138. The van der Waals surface area contributed by atoms with Gasteiger partial charge in [-0.1, -0.05) is 64.5 Å². The van der Waals surface area contributed by atoms with E-state index in [1.807, 2.05) is 60.7 Å². The van der Waals surface area contributed by atoms with Crippen LogP contribution in [0.25, 0.3) is 10.8 Å². The molecule has 0 saturated carbocycles. The molecule has 0 unspecified atom stereocenters. The van der Waals surface area contributed by atoms with E-state index in [0.29, 0.717) is 17.9 Å². The summed E-state index contributed by atoms with van der Waals surface area (Å²) in [6.07, 6.45) is -3.74. The van der Waals surface area contributed by atoms with E-state index in [1.54, 1.807) is 0 Å². The van der Waals surface area contributed by atoms with Crippen LogP contribution in [0.2, 0.25) is 0 Å². The van der Waals surface area contributed by atoms with Crippen molar-refractivity contribution in [2.75, 3.05) is 5.32 Å². The Kier molecular flexibility index (Phi) is 8.42. The monoisotopic (exact) mass is 583 g/mol. The molecule has 10 heteroatoms. The highest BCUT2D eigenvalue weighted by atomic mass is 79.9. The second kappa shape index (κ2) is 11.9. The summed E-state index contributed by atoms with van der Waals surface area (Å²) in [7, 11) is 0. The smallest absolute Gasteiger partial charge is 0.416 e. The molecular formula is C28H21BrF3N3O3. The fraction of sp³-hybridized carbons (Fsp3) is 0.107. The van der Waals surface area contributed by atoms with Gasteiger partial charge in [0.15, 0.2) is 0 Å². The number of rotatable bonds is 8. The molecular weight excluding hydrogens is 563 g/mol. The number of amides is 2. The number of benzene rings is 4. The van der Waals surface area contributed by atoms with E-state index >= 15 is 0 Å². The summed E-state index contributed by atoms with van der Waals surface area (Å²) in [5.41, 5.74) is 2.91. The molecule has 194 valence electrons. The number of nitrogens with zero attached hydrogens (tertiary/aromatic N) is 1. The number of halogens is 4. The summed E-state index contributed by atoms with van der Waals surface area (Å²) in [5.74, 6) is -0.962. The van der Waals surface area contributed by atoms with E-state index < -0.39 is 30.0 Å². The fourth-order valence-electron chi connectivity index (χ4n) is 3.61. The van der Waals surface area contributed by atoms with Crippen LogP contribution in [0.1, 0.15) is 23.1 Å². The van der Waals surface area contributed by atoms with Gasteiger partial charge in [-0.05, 0) is 52.7 Å². The number of carbonyl (C=O) groups excluding carboxylic acids is 2. The van der Waals surface area contributed by atoms with Crippen molar-refractivity contribution < 1.29 is 27.5 Å². The third-order valence-electron chi connectivity index (χ3n) is 5.42. The van der Waals surface area contributed by atoms with Crippen molar-refractivity contribution >= 4 is 50.4 Å². The Labute approximate surface area is 224 Å². The minimum Gasteiger partial charge on any atom is -0.488 e. The van der Waals surface area contributed by atoms with Gasteiger partial charge in [-0.15, -0.1) is 0 Å². The zero-order valence-corrected chi connectivity index (χ0v) is 21.3. The lowest BCUT2D eigenvalue weighted by Gasteiger charge is -2.12. The van der Waals surface area contributed by atoms with Crippen LogP contribution in [-0.4, -0.2) is 18.0 Å². The van der Waals surface area contributed by atoms with Crippen LogP contribution in [0.5, 0.6) is 5.75 Å². The zero-order valence-electron chi connectivity index (χ0n) is 19.8. The summed E-state index contributed by atoms with van der Waals surface area (Å²) in [6.45, 7) is 0.314. The van der Waals surface area contributed by atoms with Gasteiger partial charge >= 0.3 is 6.18 Å². The number of hydrazone groups is 1. The third kappa shape index (κ3) is 7.19. The summed E-state index contributed by atoms with van der Waals surface area (Å²) in [6, 6.07) is 23.2. The molecule has 38 heavy (non-hydrogen) atoms. The van der Waals surface area contributed by atoms with Gasteiger partial charge in [0.1, 0.15) is 18.8 Å². The number of nitrogens with one attached hydrogen (secondary N) is 2. The normalized spacial score (nSPS) is 11.5. The summed E-state index contributed by atoms with van der Waals surface area (Å²) in [5, 5.41) is 8.06. The van der Waals surface area contributed by atoms with Crippen LogP contribution in [0.15, 0.2) is 94.5 Å². The van der Waals surface area contributed by atoms with Gasteiger partial charge in [0.05, 0.1) is 11.8 Å². The largest absolute Gasteiger partial charge is 0.488 e. The number of fused-ring (bicyclic) bond motifs is 1. The topological polar surface area (TPSA) is 79.8 Å².